The van der Waals surface area contributed by atoms with Gasteiger partial charge in [-0.2, -0.15) is 5.10 Å². The van der Waals surface area contributed by atoms with Crippen LogP contribution in [-0.4, -0.2) is 35.6 Å². The van der Waals surface area contributed by atoms with E-state index < -0.39 is 0 Å². The minimum absolute atomic E-state index is 0.469. The molecule has 1 aromatic heterocycles. The Morgan fingerprint density at radius 1 is 1.58 bits per heavy atom. The summed E-state index contributed by atoms with van der Waals surface area (Å²) >= 11 is 3.66. The lowest BCUT2D eigenvalue weighted by atomic mass is 9.90. The molecule has 2 unspecified atom stereocenters. The minimum atomic E-state index is 0.469. The standard InChI is InChI=1S/C14H24BrN3O/c1-4-16-12(11-6-5-7-19-9-11)8-13-14(15)10(2)17-18(13)3/h11-12,16H,4-9H2,1-3H3. The van der Waals surface area contributed by atoms with Crippen LogP contribution in [0.15, 0.2) is 4.47 Å². The number of rotatable bonds is 5. The van der Waals surface area contributed by atoms with Gasteiger partial charge in [0.25, 0.3) is 0 Å². The predicted molar refractivity (Wildman–Crippen MR) is 80.4 cm³/mol. The van der Waals surface area contributed by atoms with Crippen molar-refractivity contribution in [2.75, 3.05) is 19.8 Å². The van der Waals surface area contributed by atoms with Crippen molar-refractivity contribution in [1.29, 1.82) is 0 Å². The molecule has 5 heteroatoms. The molecule has 4 nitrogen and oxygen atoms in total. The van der Waals surface area contributed by atoms with Gasteiger partial charge in [-0.05, 0) is 48.2 Å². The van der Waals surface area contributed by atoms with Crippen LogP contribution in [0.4, 0.5) is 0 Å². The van der Waals surface area contributed by atoms with Gasteiger partial charge in [-0.25, -0.2) is 0 Å². The highest BCUT2D eigenvalue weighted by atomic mass is 79.9. The van der Waals surface area contributed by atoms with Gasteiger partial charge < -0.3 is 10.1 Å². The number of hydrogen-bond donors (Lipinski definition) is 1. The van der Waals surface area contributed by atoms with Gasteiger partial charge in [0.15, 0.2) is 0 Å². The van der Waals surface area contributed by atoms with Crippen molar-refractivity contribution in [3.05, 3.63) is 15.9 Å². The highest BCUT2D eigenvalue weighted by Crippen LogP contribution is 2.25. The third-order valence-electron chi connectivity index (χ3n) is 3.91. The first-order valence-corrected chi connectivity index (χ1v) is 7.91. The predicted octanol–water partition coefficient (Wildman–Crippen LogP) is 2.44. The molecule has 1 aliphatic rings. The van der Waals surface area contributed by atoms with Crippen LogP contribution in [0, 0.1) is 12.8 Å². The summed E-state index contributed by atoms with van der Waals surface area (Å²) in [5.74, 6) is 0.607. The number of halogens is 1. The lowest BCUT2D eigenvalue weighted by Gasteiger charge is -2.31. The quantitative estimate of drug-likeness (QED) is 0.901. The number of aryl methyl sites for hydroxylation is 2. The summed E-state index contributed by atoms with van der Waals surface area (Å²) in [6.07, 6.45) is 3.43. The molecule has 0 aliphatic carbocycles. The van der Waals surface area contributed by atoms with Crippen molar-refractivity contribution in [2.24, 2.45) is 13.0 Å². The Hall–Kier alpha value is -0.390. The van der Waals surface area contributed by atoms with E-state index in [1.165, 1.54) is 18.5 Å². The van der Waals surface area contributed by atoms with E-state index in [2.05, 4.69) is 33.3 Å². The highest BCUT2D eigenvalue weighted by molar-refractivity contribution is 9.10. The number of aromatic nitrogens is 2. The summed E-state index contributed by atoms with van der Waals surface area (Å²) in [6.45, 7) is 7.01. The molecule has 1 aromatic rings. The summed E-state index contributed by atoms with van der Waals surface area (Å²) in [7, 11) is 2.02. The minimum Gasteiger partial charge on any atom is -0.381 e. The van der Waals surface area contributed by atoms with Gasteiger partial charge in [-0.15, -0.1) is 0 Å². The van der Waals surface area contributed by atoms with Crippen molar-refractivity contribution in [1.82, 2.24) is 15.1 Å². The van der Waals surface area contributed by atoms with E-state index in [1.54, 1.807) is 0 Å². The van der Waals surface area contributed by atoms with Crippen LogP contribution in [0.25, 0.3) is 0 Å². The zero-order chi connectivity index (χ0) is 13.8. The molecule has 2 rings (SSSR count). The van der Waals surface area contributed by atoms with E-state index in [9.17, 15) is 0 Å². The first-order valence-electron chi connectivity index (χ1n) is 7.12. The van der Waals surface area contributed by atoms with Gasteiger partial charge in [-0.3, -0.25) is 4.68 Å². The molecule has 0 saturated carbocycles. The number of nitrogens with zero attached hydrogens (tertiary/aromatic N) is 2. The maximum absolute atomic E-state index is 5.64. The van der Waals surface area contributed by atoms with Gasteiger partial charge in [0, 0.05) is 26.1 Å². The molecule has 0 spiro atoms. The average Bonchev–Trinajstić information content (AvgIpc) is 2.65. The van der Waals surface area contributed by atoms with E-state index in [0.29, 0.717) is 12.0 Å². The second-order valence-corrected chi connectivity index (χ2v) is 6.11. The Morgan fingerprint density at radius 2 is 2.37 bits per heavy atom. The SMILES string of the molecule is CCNC(Cc1c(Br)c(C)nn1C)C1CCCOC1. The molecule has 0 radical (unpaired) electrons. The zero-order valence-corrected chi connectivity index (χ0v) is 13.7. The molecule has 1 N–H and O–H groups in total. The summed E-state index contributed by atoms with van der Waals surface area (Å²) in [5.41, 5.74) is 2.33. The molecule has 2 atom stereocenters. The molecule has 1 aliphatic heterocycles. The summed E-state index contributed by atoms with van der Waals surface area (Å²) in [6, 6.07) is 0.469. The lowest BCUT2D eigenvalue weighted by Crippen LogP contribution is -2.42. The van der Waals surface area contributed by atoms with Gasteiger partial charge >= 0.3 is 0 Å². The van der Waals surface area contributed by atoms with E-state index in [1.807, 2.05) is 18.7 Å². The van der Waals surface area contributed by atoms with Crippen molar-refractivity contribution in [3.63, 3.8) is 0 Å². The van der Waals surface area contributed by atoms with Gasteiger partial charge in [-0.1, -0.05) is 6.92 Å². The summed E-state index contributed by atoms with van der Waals surface area (Å²) < 4.78 is 8.78. The fraction of sp³-hybridized carbons (Fsp3) is 0.786. The molecule has 2 heterocycles. The molecule has 1 saturated heterocycles. The van der Waals surface area contributed by atoms with Gasteiger partial charge in [0.2, 0.25) is 0 Å². The fourth-order valence-corrected chi connectivity index (χ4v) is 3.36. The van der Waals surface area contributed by atoms with E-state index in [4.69, 9.17) is 4.74 Å². The number of nitrogens with one attached hydrogen (secondary N) is 1. The third kappa shape index (κ3) is 3.58. The number of hydrogen-bond acceptors (Lipinski definition) is 3. The van der Waals surface area contributed by atoms with E-state index in [-0.39, 0.29) is 0 Å². The zero-order valence-electron chi connectivity index (χ0n) is 12.1. The van der Waals surface area contributed by atoms with Crippen LogP contribution in [0.1, 0.15) is 31.2 Å². The van der Waals surface area contributed by atoms with Crippen LogP contribution in [0.3, 0.4) is 0 Å². The molecular weight excluding hydrogens is 306 g/mol. The van der Waals surface area contributed by atoms with Crippen LogP contribution in [0.2, 0.25) is 0 Å². The van der Waals surface area contributed by atoms with E-state index >= 15 is 0 Å². The van der Waals surface area contributed by atoms with E-state index in [0.717, 1.165) is 36.3 Å². The highest BCUT2D eigenvalue weighted by Gasteiger charge is 2.26. The first kappa shape index (κ1) is 15.0. The van der Waals surface area contributed by atoms with Crippen LogP contribution >= 0.6 is 15.9 Å². The van der Waals surface area contributed by atoms with Crippen LogP contribution < -0.4 is 5.32 Å². The normalized spacial score (nSPS) is 21.6. The van der Waals surface area contributed by atoms with Gasteiger partial charge in [0.1, 0.15) is 0 Å². The molecule has 19 heavy (non-hydrogen) atoms. The number of likely N-dealkylation sites (N-methyl/N-ethyl adjacent to an activating group) is 1. The van der Waals surface area contributed by atoms with Gasteiger partial charge in [0.05, 0.1) is 22.5 Å². The Morgan fingerprint density at radius 3 is 2.89 bits per heavy atom. The molecular formula is C14H24BrN3O. The number of ether oxygens (including phenoxy) is 1. The maximum Gasteiger partial charge on any atom is 0.0738 e. The lowest BCUT2D eigenvalue weighted by molar-refractivity contribution is 0.0393. The second-order valence-electron chi connectivity index (χ2n) is 5.32. The van der Waals surface area contributed by atoms with Crippen molar-refractivity contribution in [3.8, 4) is 0 Å². The molecule has 0 amide bonds. The van der Waals surface area contributed by atoms with Crippen molar-refractivity contribution >= 4 is 15.9 Å². The topological polar surface area (TPSA) is 39.1 Å². The monoisotopic (exact) mass is 329 g/mol. The molecule has 108 valence electrons. The Balaban J connectivity index is 2.11. The molecule has 1 fully saturated rings. The first-order chi connectivity index (χ1) is 9.13. The Labute approximate surface area is 124 Å². The van der Waals surface area contributed by atoms with Crippen LogP contribution in [0.5, 0.6) is 0 Å². The Bertz CT molecular complexity index is 413. The summed E-state index contributed by atoms with van der Waals surface area (Å²) in [5, 5.41) is 8.10. The Kier molecular flexibility index (Phi) is 5.42. The van der Waals surface area contributed by atoms with Crippen LogP contribution in [-0.2, 0) is 18.2 Å². The summed E-state index contributed by atoms with van der Waals surface area (Å²) in [4.78, 5) is 0. The second kappa shape index (κ2) is 6.86. The maximum atomic E-state index is 5.64. The fourth-order valence-electron chi connectivity index (χ4n) is 2.86. The van der Waals surface area contributed by atoms with Crippen molar-refractivity contribution in [2.45, 2.75) is 39.2 Å². The van der Waals surface area contributed by atoms with Crippen molar-refractivity contribution < 1.29 is 4.74 Å². The smallest absolute Gasteiger partial charge is 0.0738 e. The largest absolute Gasteiger partial charge is 0.381 e. The molecule has 0 aromatic carbocycles. The average molecular weight is 330 g/mol. The molecule has 0 bridgehead atoms. The third-order valence-corrected chi connectivity index (χ3v) is 4.94.